The van der Waals surface area contributed by atoms with Crippen molar-refractivity contribution in [2.75, 3.05) is 5.32 Å². The van der Waals surface area contributed by atoms with Crippen molar-refractivity contribution in [3.8, 4) is 5.95 Å². The van der Waals surface area contributed by atoms with Crippen molar-refractivity contribution < 1.29 is 4.79 Å². The van der Waals surface area contributed by atoms with Crippen LogP contribution in [0.15, 0.2) is 43.0 Å². The summed E-state index contributed by atoms with van der Waals surface area (Å²) < 4.78 is 1.81. The number of carbonyl (C=O) groups is 1. The molecule has 116 valence electrons. The summed E-state index contributed by atoms with van der Waals surface area (Å²) in [6.45, 7) is 5.84. The predicted molar refractivity (Wildman–Crippen MR) is 87.8 cm³/mol. The Bertz CT molecular complexity index is 852. The van der Waals surface area contributed by atoms with Gasteiger partial charge in [0.2, 0.25) is 5.95 Å². The molecule has 0 saturated heterocycles. The van der Waals surface area contributed by atoms with E-state index in [-0.39, 0.29) is 5.91 Å². The highest BCUT2D eigenvalue weighted by atomic mass is 16.1. The van der Waals surface area contributed by atoms with Crippen molar-refractivity contribution in [1.82, 2.24) is 19.5 Å². The summed E-state index contributed by atoms with van der Waals surface area (Å²) in [7, 11) is 0. The van der Waals surface area contributed by atoms with E-state index >= 15 is 0 Å². The van der Waals surface area contributed by atoms with Crippen LogP contribution in [0.1, 0.15) is 27.3 Å². The number of aromatic nitrogens is 4. The van der Waals surface area contributed by atoms with Crippen LogP contribution in [-0.2, 0) is 0 Å². The number of rotatable bonds is 3. The predicted octanol–water partition coefficient (Wildman–Crippen LogP) is 2.84. The number of hydrogen-bond acceptors (Lipinski definition) is 4. The molecule has 0 spiro atoms. The molecule has 1 aromatic carbocycles. The first-order chi connectivity index (χ1) is 11.0. The molecule has 0 aliphatic carbocycles. The molecule has 0 fully saturated rings. The Morgan fingerprint density at radius 2 is 1.83 bits per heavy atom. The van der Waals surface area contributed by atoms with Crippen LogP contribution in [0.25, 0.3) is 5.95 Å². The van der Waals surface area contributed by atoms with Gasteiger partial charge in [-0.1, -0.05) is 17.7 Å². The molecule has 6 heteroatoms. The topological polar surface area (TPSA) is 72.7 Å². The lowest BCUT2D eigenvalue weighted by Crippen LogP contribution is -2.13. The number of imidazole rings is 1. The number of hydrogen-bond donors (Lipinski definition) is 1. The maximum absolute atomic E-state index is 12.2. The molecule has 0 aliphatic heterocycles. The van der Waals surface area contributed by atoms with Gasteiger partial charge in [-0.15, -0.1) is 0 Å². The monoisotopic (exact) mass is 307 g/mol. The van der Waals surface area contributed by atoms with Crippen LogP contribution in [0.4, 0.5) is 5.69 Å². The second-order valence-corrected chi connectivity index (χ2v) is 5.38. The second-order valence-electron chi connectivity index (χ2n) is 5.38. The number of amides is 1. The lowest BCUT2D eigenvalue weighted by molar-refractivity contribution is 0.102. The zero-order chi connectivity index (χ0) is 16.4. The zero-order valence-corrected chi connectivity index (χ0v) is 13.2. The SMILES string of the molecule is Cc1cccc(C(=O)Nc2cnc(-n3cnc(C)c3C)nc2)c1. The summed E-state index contributed by atoms with van der Waals surface area (Å²) in [5, 5.41) is 2.80. The lowest BCUT2D eigenvalue weighted by atomic mass is 10.1. The van der Waals surface area contributed by atoms with Crippen LogP contribution in [0.5, 0.6) is 0 Å². The van der Waals surface area contributed by atoms with Gasteiger partial charge in [0, 0.05) is 11.3 Å². The number of nitrogens with zero attached hydrogens (tertiary/aromatic N) is 4. The normalized spacial score (nSPS) is 10.6. The van der Waals surface area contributed by atoms with E-state index < -0.39 is 0 Å². The minimum Gasteiger partial charge on any atom is -0.319 e. The van der Waals surface area contributed by atoms with E-state index in [2.05, 4.69) is 20.3 Å². The average Bonchev–Trinajstić information content (AvgIpc) is 2.88. The van der Waals surface area contributed by atoms with Gasteiger partial charge in [-0.25, -0.2) is 15.0 Å². The third kappa shape index (κ3) is 3.11. The Labute approximate surface area is 134 Å². The third-order valence-electron chi connectivity index (χ3n) is 3.64. The standard InChI is InChI=1S/C17H17N5O/c1-11-5-4-6-14(7-11)16(23)21-15-8-18-17(19-9-15)22-10-20-12(2)13(22)3/h4-10H,1-3H3,(H,21,23). The van der Waals surface area contributed by atoms with E-state index in [1.165, 1.54) is 0 Å². The molecule has 0 saturated carbocycles. The Hall–Kier alpha value is -3.02. The fourth-order valence-electron chi connectivity index (χ4n) is 2.20. The van der Waals surface area contributed by atoms with E-state index in [4.69, 9.17) is 0 Å². The van der Waals surface area contributed by atoms with E-state index in [1.54, 1.807) is 24.8 Å². The first kappa shape index (κ1) is 14.9. The minimum atomic E-state index is -0.181. The molecule has 0 aliphatic rings. The molecule has 0 unspecified atom stereocenters. The summed E-state index contributed by atoms with van der Waals surface area (Å²) in [6.07, 6.45) is 4.86. The number of aryl methyl sites for hydroxylation is 2. The van der Waals surface area contributed by atoms with Crippen molar-refractivity contribution in [1.29, 1.82) is 0 Å². The van der Waals surface area contributed by atoms with Crippen molar-refractivity contribution in [2.45, 2.75) is 20.8 Å². The fraction of sp³-hybridized carbons (Fsp3) is 0.176. The fourth-order valence-corrected chi connectivity index (χ4v) is 2.20. The van der Waals surface area contributed by atoms with Crippen LogP contribution in [0.2, 0.25) is 0 Å². The van der Waals surface area contributed by atoms with Gasteiger partial charge in [-0.05, 0) is 32.9 Å². The first-order valence-corrected chi connectivity index (χ1v) is 7.25. The van der Waals surface area contributed by atoms with Gasteiger partial charge in [0.25, 0.3) is 5.91 Å². The first-order valence-electron chi connectivity index (χ1n) is 7.25. The van der Waals surface area contributed by atoms with Gasteiger partial charge in [-0.3, -0.25) is 9.36 Å². The molecule has 6 nitrogen and oxygen atoms in total. The summed E-state index contributed by atoms with van der Waals surface area (Å²) in [5.41, 5.74) is 4.12. The Morgan fingerprint density at radius 1 is 1.09 bits per heavy atom. The molecule has 2 aromatic heterocycles. The number of nitrogens with one attached hydrogen (secondary N) is 1. The summed E-state index contributed by atoms with van der Waals surface area (Å²) in [6, 6.07) is 7.41. The van der Waals surface area contributed by atoms with Crippen LogP contribution >= 0.6 is 0 Å². The average molecular weight is 307 g/mol. The number of benzene rings is 1. The van der Waals surface area contributed by atoms with Crippen LogP contribution < -0.4 is 5.32 Å². The van der Waals surface area contributed by atoms with E-state index in [0.29, 0.717) is 17.2 Å². The second kappa shape index (κ2) is 6.00. The number of anilines is 1. The van der Waals surface area contributed by atoms with Crippen molar-refractivity contribution in [3.05, 3.63) is 65.5 Å². The Balaban J connectivity index is 1.78. The molecule has 23 heavy (non-hydrogen) atoms. The largest absolute Gasteiger partial charge is 0.319 e. The van der Waals surface area contributed by atoms with Crippen molar-refractivity contribution >= 4 is 11.6 Å². The van der Waals surface area contributed by atoms with E-state index in [9.17, 15) is 4.79 Å². The number of carbonyl (C=O) groups excluding carboxylic acids is 1. The maximum Gasteiger partial charge on any atom is 0.255 e. The van der Waals surface area contributed by atoms with Gasteiger partial charge < -0.3 is 5.32 Å². The van der Waals surface area contributed by atoms with Crippen molar-refractivity contribution in [2.24, 2.45) is 0 Å². The molecule has 0 bridgehead atoms. The molecule has 2 heterocycles. The molecular weight excluding hydrogens is 290 g/mol. The van der Waals surface area contributed by atoms with Gasteiger partial charge >= 0.3 is 0 Å². The van der Waals surface area contributed by atoms with E-state index in [0.717, 1.165) is 17.0 Å². The molecule has 0 atom stereocenters. The Morgan fingerprint density at radius 3 is 2.43 bits per heavy atom. The summed E-state index contributed by atoms with van der Waals surface area (Å²) in [5.74, 6) is 0.344. The smallest absolute Gasteiger partial charge is 0.255 e. The molecular formula is C17H17N5O. The van der Waals surface area contributed by atoms with Crippen LogP contribution in [0.3, 0.4) is 0 Å². The third-order valence-corrected chi connectivity index (χ3v) is 3.64. The quantitative estimate of drug-likeness (QED) is 0.807. The zero-order valence-electron chi connectivity index (χ0n) is 13.2. The van der Waals surface area contributed by atoms with Crippen LogP contribution in [-0.4, -0.2) is 25.4 Å². The Kier molecular flexibility index (Phi) is 3.89. The van der Waals surface area contributed by atoms with Crippen LogP contribution in [0, 0.1) is 20.8 Å². The highest BCUT2D eigenvalue weighted by molar-refractivity contribution is 6.04. The maximum atomic E-state index is 12.2. The molecule has 1 N–H and O–H groups in total. The van der Waals surface area contributed by atoms with E-state index in [1.807, 2.05) is 43.5 Å². The van der Waals surface area contributed by atoms with Crippen molar-refractivity contribution in [3.63, 3.8) is 0 Å². The summed E-state index contributed by atoms with van der Waals surface area (Å²) >= 11 is 0. The molecule has 0 radical (unpaired) electrons. The van der Waals surface area contributed by atoms with Gasteiger partial charge in [0.1, 0.15) is 6.33 Å². The highest BCUT2D eigenvalue weighted by Gasteiger charge is 2.09. The minimum absolute atomic E-state index is 0.181. The van der Waals surface area contributed by atoms with Gasteiger partial charge in [0.05, 0.1) is 23.8 Å². The summed E-state index contributed by atoms with van der Waals surface area (Å²) in [4.78, 5) is 25.0. The van der Waals surface area contributed by atoms with Gasteiger partial charge in [0.15, 0.2) is 0 Å². The highest BCUT2D eigenvalue weighted by Crippen LogP contribution is 2.12. The molecule has 3 aromatic rings. The van der Waals surface area contributed by atoms with Gasteiger partial charge in [-0.2, -0.15) is 0 Å². The lowest BCUT2D eigenvalue weighted by Gasteiger charge is -2.07. The molecule has 1 amide bonds. The molecule has 3 rings (SSSR count).